The summed E-state index contributed by atoms with van der Waals surface area (Å²) in [6.45, 7) is 1.80. The largest absolute Gasteiger partial charge is 0.508 e. The Morgan fingerprint density at radius 1 is 1.43 bits per heavy atom. The molecular formula is C11H14O3. The molecule has 0 aliphatic heterocycles. The van der Waals surface area contributed by atoms with Crippen LogP contribution in [0.2, 0.25) is 0 Å². The van der Waals surface area contributed by atoms with Crippen LogP contribution in [0.15, 0.2) is 24.3 Å². The summed E-state index contributed by atoms with van der Waals surface area (Å²) in [5.41, 5.74) is 0.889. The lowest BCUT2D eigenvalue weighted by molar-refractivity contribution is -0.141. The number of phenolic OH excluding ortho intramolecular Hbond substituents is 1. The van der Waals surface area contributed by atoms with Crippen molar-refractivity contribution in [3.8, 4) is 5.75 Å². The van der Waals surface area contributed by atoms with Gasteiger partial charge in [-0.05, 0) is 24.5 Å². The number of aryl methyl sites for hydroxylation is 1. The van der Waals surface area contributed by atoms with Gasteiger partial charge in [-0.1, -0.05) is 18.2 Å². The zero-order chi connectivity index (χ0) is 10.4. The van der Waals surface area contributed by atoms with Gasteiger partial charge < -0.3 is 9.84 Å². The van der Waals surface area contributed by atoms with Crippen molar-refractivity contribution in [1.82, 2.24) is 0 Å². The van der Waals surface area contributed by atoms with E-state index in [9.17, 15) is 9.90 Å². The molecule has 0 radical (unpaired) electrons. The van der Waals surface area contributed by atoms with Gasteiger partial charge in [-0.2, -0.15) is 0 Å². The van der Waals surface area contributed by atoms with Crippen molar-refractivity contribution in [3.05, 3.63) is 29.8 Å². The van der Waals surface area contributed by atoms with Crippen LogP contribution in [-0.4, -0.2) is 17.7 Å². The second-order valence-electron chi connectivity index (χ2n) is 3.07. The fourth-order valence-electron chi connectivity index (χ4n) is 1.20. The Morgan fingerprint density at radius 3 is 2.79 bits per heavy atom. The van der Waals surface area contributed by atoms with Crippen LogP contribution in [0.3, 0.4) is 0 Å². The number of esters is 1. The Labute approximate surface area is 83.3 Å². The first-order valence-electron chi connectivity index (χ1n) is 4.60. The first-order valence-corrected chi connectivity index (χ1v) is 4.60. The summed E-state index contributed by atoms with van der Waals surface area (Å²) in [6, 6.07) is 7.18. The lowest BCUT2D eigenvalue weighted by Gasteiger charge is -2.04. The minimum Gasteiger partial charge on any atom is -0.508 e. The molecule has 0 aliphatic rings. The highest BCUT2D eigenvalue weighted by Crippen LogP contribution is 2.16. The van der Waals surface area contributed by atoms with Gasteiger partial charge in [0.25, 0.3) is 0 Å². The highest BCUT2D eigenvalue weighted by molar-refractivity contribution is 5.65. The first kappa shape index (κ1) is 10.6. The second kappa shape index (κ2) is 5.27. The summed E-state index contributed by atoms with van der Waals surface area (Å²) < 4.78 is 4.78. The maximum absolute atomic E-state index is 10.5. The van der Waals surface area contributed by atoms with Crippen LogP contribution in [0.5, 0.6) is 5.75 Å². The molecule has 1 aromatic rings. The van der Waals surface area contributed by atoms with Crippen molar-refractivity contribution < 1.29 is 14.6 Å². The maximum atomic E-state index is 10.5. The van der Waals surface area contributed by atoms with Crippen molar-refractivity contribution >= 4 is 5.97 Å². The minimum atomic E-state index is -0.262. The van der Waals surface area contributed by atoms with Crippen molar-refractivity contribution in [2.45, 2.75) is 19.8 Å². The Hall–Kier alpha value is -1.51. The number of ether oxygens (including phenoxy) is 1. The standard InChI is InChI=1S/C11H14O3/c1-9(12)14-8-4-6-10-5-2-3-7-11(10)13/h2-3,5,7,13H,4,6,8H2,1H3. The van der Waals surface area contributed by atoms with Crippen LogP contribution in [0.4, 0.5) is 0 Å². The lowest BCUT2D eigenvalue weighted by Crippen LogP contribution is -2.01. The molecule has 0 fully saturated rings. The summed E-state index contributed by atoms with van der Waals surface area (Å²) in [6.07, 6.45) is 1.46. The third kappa shape index (κ3) is 3.47. The quantitative estimate of drug-likeness (QED) is 0.588. The van der Waals surface area contributed by atoms with E-state index in [1.54, 1.807) is 12.1 Å². The van der Waals surface area contributed by atoms with Crippen molar-refractivity contribution in [2.75, 3.05) is 6.61 Å². The molecule has 76 valence electrons. The SMILES string of the molecule is CC(=O)OCCCc1ccccc1O. The van der Waals surface area contributed by atoms with E-state index >= 15 is 0 Å². The van der Waals surface area contributed by atoms with Crippen LogP contribution in [-0.2, 0) is 16.0 Å². The topological polar surface area (TPSA) is 46.5 Å². The molecule has 0 saturated carbocycles. The number of para-hydroxylation sites is 1. The van der Waals surface area contributed by atoms with Gasteiger partial charge in [-0.15, -0.1) is 0 Å². The number of hydrogen-bond donors (Lipinski definition) is 1. The molecule has 0 atom stereocenters. The van der Waals surface area contributed by atoms with Gasteiger partial charge >= 0.3 is 5.97 Å². The van der Waals surface area contributed by atoms with Gasteiger partial charge in [0.1, 0.15) is 5.75 Å². The molecule has 3 heteroatoms. The van der Waals surface area contributed by atoms with Gasteiger partial charge in [-0.25, -0.2) is 0 Å². The molecular weight excluding hydrogens is 180 g/mol. The number of carbonyl (C=O) groups excluding carboxylic acids is 1. The fourth-order valence-corrected chi connectivity index (χ4v) is 1.20. The monoisotopic (exact) mass is 194 g/mol. The number of carbonyl (C=O) groups is 1. The van der Waals surface area contributed by atoms with Crippen molar-refractivity contribution in [3.63, 3.8) is 0 Å². The fraction of sp³-hybridized carbons (Fsp3) is 0.364. The van der Waals surface area contributed by atoms with E-state index in [1.807, 2.05) is 12.1 Å². The molecule has 1 N–H and O–H groups in total. The summed E-state index contributed by atoms with van der Waals surface area (Å²) in [5, 5.41) is 9.41. The molecule has 0 aromatic heterocycles. The van der Waals surface area contributed by atoms with E-state index in [1.165, 1.54) is 6.92 Å². The van der Waals surface area contributed by atoms with E-state index in [2.05, 4.69) is 0 Å². The Bertz CT molecular complexity index is 307. The average Bonchev–Trinajstić information content (AvgIpc) is 2.15. The van der Waals surface area contributed by atoms with Gasteiger partial charge in [0.2, 0.25) is 0 Å². The Morgan fingerprint density at radius 2 is 2.14 bits per heavy atom. The van der Waals surface area contributed by atoms with Gasteiger partial charge in [0, 0.05) is 6.92 Å². The minimum absolute atomic E-state index is 0.262. The maximum Gasteiger partial charge on any atom is 0.302 e. The van der Waals surface area contributed by atoms with Gasteiger partial charge in [-0.3, -0.25) is 4.79 Å². The van der Waals surface area contributed by atoms with Gasteiger partial charge in [0.15, 0.2) is 0 Å². The molecule has 0 aliphatic carbocycles. The van der Waals surface area contributed by atoms with Crippen LogP contribution in [0.25, 0.3) is 0 Å². The third-order valence-electron chi connectivity index (χ3n) is 1.89. The molecule has 1 aromatic carbocycles. The van der Waals surface area contributed by atoms with Crippen LogP contribution >= 0.6 is 0 Å². The van der Waals surface area contributed by atoms with E-state index in [4.69, 9.17) is 4.74 Å². The molecule has 3 nitrogen and oxygen atoms in total. The van der Waals surface area contributed by atoms with Crippen molar-refractivity contribution in [1.29, 1.82) is 0 Å². The predicted molar refractivity (Wildman–Crippen MR) is 53.1 cm³/mol. The molecule has 0 amide bonds. The van der Waals surface area contributed by atoms with E-state index in [0.717, 1.165) is 18.4 Å². The summed E-state index contributed by atoms with van der Waals surface area (Å²) in [4.78, 5) is 10.5. The molecule has 0 saturated heterocycles. The highest BCUT2D eigenvalue weighted by Gasteiger charge is 1.99. The highest BCUT2D eigenvalue weighted by atomic mass is 16.5. The number of rotatable bonds is 4. The first-order chi connectivity index (χ1) is 6.70. The molecule has 0 bridgehead atoms. The predicted octanol–water partition coefficient (Wildman–Crippen LogP) is 1.89. The van der Waals surface area contributed by atoms with Crippen LogP contribution in [0, 0.1) is 0 Å². The third-order valence-corrected chi connectivity index (χ3v) is 1.89. The summed E-state index contributed by atoms with van der Waals surface area (Å²) in [5.74, 6) is 0.0395. The molecule has 0 heterocycles. The summed E-state index contributed by atoms with van der Waals surface area (Å²) in [7, 11) is 0. The van der Waals surface area contributed by atoms with Crippen molar-refractivity contribution in [2.24, 2.45) is 0 Å². The number of hydrogen-bond acceptors (Lipinski definition) is 3. The number of benzene rings is 1. The van der Waals surface area contributed by atoms with E-state index in [-0.39, 0.29) is 5.97 Å². The molecule has 0 unspecified atom stereocenters. The second-order valence-corrected chi connectivity index (χ2v) is 3.07. The Balaban J connectivity index is 2.31. The van der Waals surface area contributed by atoms with Crippen LogP contribution in [0.1, 0.15) is 18.9 Å². The van der Waals surface area contributed by atoms with Crippen LogP contribution < -0.4 is 0 Å². The zero-order valence-corrected chi connectivity index (χ0v) is 8.19. The lowest BCUT2D eigenvalue weighted by atomic mass is 10.1. The van der Waals surface area contributed by atoms with Gasteiger partial charge in [0.05, 0.1) is 6.61 Å². The number of aromatic hydroxyl groups is 1. The normalized spacial score (nSPS) is 9.79. The summed E-state index contributed by atoms with van der Waals surface area (Å²) >= 11 is 0. The van der Waals surface area contributed by atoms with E-state index < -0.39 is 0 Å². The molecule has 14 heavy (non-hydrogen) atoms. The smallest absolute Gasteiger partial charge is 0.302 e. The van der Waals surface area contributed by atoms with E-state index in [0.29, 0.717) is 12.4 Å². The molecule has 1 rings (SSSR count). The number of phenols is 1. The Kier molecular flexibility index (Phi) is 3.98. The average molecular weight is 194 g/mol. The zero-order valence-electron chi connectivity index (χ0n) is 8.19. The molecule has 0 spiro atoms.